The monoisotopic (exact) mass is 318 g/mol. The molecular formula is C15H22N6O2. The number of hydrogen-bond donors (Lipinski definition) is 3. The maximum absolute atomic E-state index is 9.17. The Morgan fingerprint density at radius 3 is 2.96 bits per heavy atom. The number of hydrogen-bond acceptors (Lipinski definition) is 8. The minimum absolute atomic E-state index is 0.0955. The lowest BCUT2D eigenvalue weighted by Gasteiger charge is -2.19. The van der Waals surface area contributed by atoms with Crippen molar-refractivity contribution in [3.05, 3.63) is 30.2 Å². The first-order chi connectivity index (χ1) is 11.2. The molecule has 2 heterocycles. The Hall–Kier alpha value is -2.48. The molecule has 2 rings (SSSR count). The van der Waals surface area contributed by atoms with E-state index in [0.29, 0.717) is 23.7 Å². The van der Waals surface area contributed by atoms with Crippen molar-refractivity contribution in [3.63, 3.8) is 0 Å². The molecule has 8 heteroatoms. The number of anilines is 2. The zero-order valence-corrected chi connectivity index (χ0v) is 13.1. The van der Waals surface area contributed by atoms with Crippen LogP contribution in [-0.4, -0.2) is 37.9 Å². The minimum Gasteiger partial charge on any atom is -0.482 e. The van der Waals surface area contributed by atoms with E-state index in [9.17, 15) is 5.11 Å². The predicted molar refractivity (Wildman–Crippen MR) is 86.8 cm³/mol. The number of nitrogens with one attached hydrogen (secondary N) is 1. The first-order valence-corrected chi connectivity index (χ1v) is 7.62. The third kappa shape index (κ3) is 5.33. The van der Waals surface area contributed by atoms with E-state index >= 15 is 0 Å². The van der Waals surface area contributed by atoms with Gasteiger partial charge in [-0.1, -0.05) is 13.3 Å². The van der Waals surface area contributed by atoms with Gasteiger partial charge in [-0.3, -0.25) is 0 Å². The molecule has 0 aromatic carbocycles. The lowest BCUT2D eigenvalue weighted by Crippen LogP contribution is -2.22. The molecule has 1 unspecified atom stereocenters. The molecule has 124 valence electrons. The van der Waals surface area contributed by atoms with Crippen LogP contribution in [0.1, 0.15) is 31.9 Å². The smallest absolute Gasteiger partial charge is 0.222 e. The number of nitrogen functional groups attached to an aromatic ring is 1. The second-order valence-electron chi connectivity index (χ2n) is 5.09. The van der Waals surface area contributed by atoms with E-state index in [0.717, 1.165) is 12.8 Å². The first-order valence-electron chi connectivity index (χ1n) is 7.62. The van der Waals surface area contributed by atoms with Gasteiger partial charge in [-0.15, -0.1) is 0 Å². The number of aliphatic hydroxyl groups excluding tert-OH is 1. The summed E-state index contributed by atoms with van der Waals surface area (Å²) in [6.45, 7) is 2.45. The summed E-state index contributed by atoms with van der Waals surface area (Å²) in [6.07, 6.45) is 5.67. The van der Waals surface area contributed by atoms with Crippen LogP contribution >= 0.6 is 0 Å². The number of aromatic nitrogens is 4. The number of nitrogens with two attached hydrogens (primary N) is 1. The van der Waals surface area contributed by atoms with Crippen LogP contribution in [0.3, 0.4) is 0 Å². The highest BCUT2D eigenvalue weighted by Gasteiger charge is 2.13. The van der Waals surface area contributed by atoms with Crippen molar-refractivity contribution >= 4 is 11.8 Å². The number of rotatable bonds is 9. The fraction of sp³-hybridized carbons (Fsp3) is 0.467. The fourth-order valence-corrected chi connectivity index (χ4v) is 2.14. The van der Waals surface area contributed by atoms with Crippen LogP contribution < -0.4 is 15.8 Å². The van der Waals surface area contributed by atoms with Gasteiger partial charge in [0.05, 0.1) is 6.20 Å². The zero-order chi connectivity index (χ0) is 16.5. The standard InChI is InChI=1S/C15H22N6O2/c1-2-4-11(6-8-22)19-14-13(9-17-15(16)20-14)23-10-12-5-3-7-18-21-12/h3,5,7,9,11,22H,2,4,6,8,10H2,1H3,(H3,16,17,19,20). The summed E-state index contributed by atoms with van der Waals surface area (Å²) in [6, 6.07) is 3.71. The van der Waals surface area contributed by atoms with Crippen molar-refractivity contribution in [2.24, 2.45) is 0 Å². The SMILES string of the molecule is CCCC(CCO)Nc1nc(N)ncc1OCc1cccnn1. The van der Waals surface area contributed by atoms with Crippen LogP contribution in [0.15, 0.2) is 24.5 Å². The zero-order valence-electron chi connectivity index (χ0n) is 13.1. The quantitative estimate of drug-likeness (QED) is 0.634. The lowest BCUT2D eigenvalue weighted by atomic mass is 10.1. The largest absolute Gasteiger partial charge is 0.482 e. The molecule has 0 aliphatic rings. The van der Waals surface area contributed by atoms with Gasteiger partial charge in [0.15, 0.2) is 11.6 Å². The van der Waals surface area contributed by atoms with Gasteiger partial charge >= 0.3 is 0 Å². The van der Waals surface area contributed by atoms with Crippen molar-refractivity contribution in [2.75, 3.05) is 17.7 Å². The minimum atomic E-state index is 0.0955. The van der Waals surface area contributed by atoms with Crippen molar-refractivity contribution in [3.8, 4) is 5.75 Å². The maximum atomic E-state index is 9.17. The van der Waals surface area contributed by atoms with E-state index in [-0.39, 0.29) is 25.2 Å². The van der Waals surface area contributed by atoms with Crippen molar-refractivity contribution in [1.82, 2.24) is 20.2 Å². The Labute approximate surface area is 135 Å². The molecule has 0 bridgehead atoms. The van der Waals surface area contributed by atoms with Crippen LogP contribution in [0.5, 0.6) is 5.75 Å². The third-order valence-corrected chi connectivity index (χ3v) is 3.23. The van der Waals surface area contributed by atoms with E-state index < -0.39 is 0 Å². The lowest BCUT2D eigenvalue weighted by molar-refractivity contribution is 0.275. The highest BCUT2D eigenvalue weighted by molar-refractivity contribution is 5.51. The van der Waals surface area contributed by atoms with Gasteiger partial charge in [-0.25, -0.2) is 4.98 Å². The molecular weight excluding hydrogens is 296 g/mol. The fourth-order valence-electron chi connectivity index (χ4n) is 2.14. The molecule has 4 N–H and O–H groups in total. The average Bonchev–Trinajstić information content (AvgIpc) is 2.55. The molecule has 0 radical (unpaired) electrons. The van der Waals surface area contributed by atoms with E-state index in [1.54, 1.807) is 12.3 Å². The van der Waals surface area contributed by atoms with Gasteiger partial charge in [0, 0.05) is 18.8 Å². The summed E-state index contributed by atoms with van der Waals surface area (Å²) >= 11 is 0. The summed E-state index contributed by atoms with van der Waals surface area (Å²) in [4.78, 5) is 8.17. The molecule has 0 aliphatic heterocycles. The van der Waals surface area contributed by atoms with Crippen LogP contribution in [0.25, 0.3) is 0 Å². The van der Waals surface area contributed by atoms with Crippen molar-refractivity contribution in [2.45, 2.75) is 38.8 Å². The van der Waals surface area contributed by atoms with E-state index in [4.69, 9.17) is 10.5 Å². The molecule has 0 aliphatic carbocycles. The van der Waals surface area contributed by atoms with Crippen molar-refractivity contribution < 1.29 is 9.84 Å². The highest BCUT2D eigenvalue weighted by Crippen LogP contribution is 2.24. The third-order valence-electron chi connectivity index (χ3n) is 3.23. The van der Waals surface area contributed by atoms with Crippen LogP contribution in [0.4, 0.5) is 11.8 Å². The topological polar surface area (TPSA) is 119 Å². The highest BCUT2D eigenvalue weighted by atomic mass is 16.5. The van der Waals surface area contributed by atoms with Crippen LogP contribution in [0, 0.1) is 0 Å². The molecule has 2 aromatic heterocycles. The molecule has 0 spiro atoms. The van der Waals surface area contributed by atoms with Crippen LogP contribution in [-0.2, 0) is 6.61 Å². The summed E-state index contributed by atoms with van der Waals surface area (Å²) in [5.74, 6) is 1.18. The Bertz CT molecular complexity index is 590. The molecule has 0 saturated carbocycles. The van der Waals surface area contributed by atoms with Gasteiger partial charge in [0.1, 0.15) is 12.3 Å². The van der Waals surface area contributed by atoms with Gasteiger partial charge in [-0.05, 0) is 25.0 Å². The predicted octanol–water partition coefficient (Wildman–Crippen LogP) is 1.39. The van der Waals surface area contributed by atoms with Gasteiger partial charge < -0.3 is 20.9 Å². The molecule has 1 atom stereocenters. The van der Waals surface area contributed by atoms with E-state index in [1.807, 2.05) is 6.07 Å². The van der Waals surface area contributed by atoms with E-state index in [1.165, 1.54) is 6.20 Å². The Morgan fingerprint density at radius 1 is 1.39 bits per heavy atom. The summed E-state index contributed by atoms with van der Waals surface area (Å²) < 4.78 is 5.73. The van der Waals surface area contributed by atoms with E-state index in [2.05, 4.69) is 32.4 Å². The summed E-state index contributed by atoms with van der Waals surface area (Å²) in [7, 11) is 0. The van der Waals surface area contributed by atoms with Gasteiger partial charge in [0.2, 0.25) is 5.95 Å². The first kappa shape index (κ1) is 16.9. The Balaban J connectivity index is 2.09. The maximum Gasteiger partial charge on any atom is 0.222 e. The molecule has 8 nitrogen and oxygen atoms in total. The molecule has 0 amide bonds. The molecule has 23 heavy (non-hydrogen) atoms. The second kappa shape index (κ2) is 8.84. The number of nitrogens with zero attached hydrogens (tertiary/aromatic N) is 4. The second-order valence-corrected chi connectivity index (χ2v) is 5.09. The van der Waals surface area contributed by atoms with Gasteiger partial charge in [-0.2, -0.15) is 15.2 Å². The molecule has 0 fully saturated rings. The van der Waals surface area contributed by atoms with Crippen molar-refractivity contribution in [1.29, 1.82) is 0 Å². The number of ether oxygens (including phenoxy) is 1. The van der Waals surface area contributed by atoms with Gasteiger partial charge in [0.25, 0.3) is 0 Å². The molecule has 0 saturated heterocycles. The van der Waals surface area contributed by atoms with Crippen LogP contribution in [0.2, 0.25) is 0 Å². The molecule has 2 aromatic rings. The summed E-state index contributed by atoms with van der Waals surface area (Å²) in [5, 5.41) is 20.2. The Kier molecular flexibility index (Phi) is 6.49. The average molecular weight is 318 g/mol. The normalized spacial score (nSPS) is 11.9. The summed E-state index contributed by atoms with van der Waals surface area (Å²) in [5.41, 5.74) is 6.37. The Morgan fingerprint density at radius 2 is 2.26 bits per heavy atom. The number of aliphatic hydroxyl groups is 1.